The van der Waals surface area contributed by atoms with E-state index in [1.165, 1.54) is 23.0 Å². The first-order valence-corrected chi connectivity index (χ1v) is 5.91. The zero-order valence-electron chi connectivity index (χ0n) is 10.4. The third-order valence-corrected chi connectivity index (χ3v) is 2.87. The van der Waals surface area contributed by atoms with Crippen LogP contribution in [0, 0.1) is 11.2 Å². The van der Waals surface area contributed by atoms with Crippen LogP contribution in [0.15, 0.2) is 36.8 Å². The zero-order valence-corrected chi connectivity index (χ0v) is 10.4. The van der Waals surface area contributed by atoms with Crippen LogP contribution in [0.25, 0.3) is 5.65 Å². The summed E-state index contributed by atoms with van der Waals surface area (Å²) in [7, 11) is 0. The van der Waals surface area contributed by atoms with E-state index in [-0.39, 0.29) is 11.7 Å². The van der Waals surface area contributed by atoms with Gasteiger partial charge in [0.25, 0.3) is 0 Å². The molecule has 0 saturated heterocycles. The highest BCUT2D eigenvalue weighted by Gasteiger charge is 2.11. The number of aromatic nitrogens is 4. The van der Waals surface area contributed by atoms with Crippen LogP contribution in [0.3, 0.4) is 0 Å². The summed E-state index contributed by atoms with van der Waals surface area (Å²) in [6.45, 7) is 0. The SMILES string of the molecule is N=C(N)c1cn2ncnc2c(Cc2cccc(F)c2)n1. The summed E-state index contributed by atoms with van der Waals surface area (Å²) < 4.78 is 14.7. The Labute approximate surface area is 113 Å². The van der Waals surface area contributed by atoms with E-state index < -0.39 is 0 Å². The van der Waals surface area contributed by atoms with Crippen molar-refractivity contribution in [2.45, 2.75) is 6.42 Å². The fourth-order valence-electron chi connectivity index (χ4n) is 1.98. The highest BCUT2D eigenvalue weighted by atomic mass is 19.1. The smallest absolute Gasteiger partial charge is 0.177 e. The lowest BCUT2D eigenvalue weighted by Crippen LogP contribution is -2.16. The first kappa shape index (κ1) is 12.2. The molecule has 7 heteroatoms. The van der Waals surface area contributed by atoms with Crippen LogP contribution in [-0.4, -0.2) is 25.4 Å². The predicted octanol–water partition coefficient (Wildman–Crippen LogP) is 1.14. The molecule has 100 valence electrons. The minimum Gasteiger partial charge on any atom is -0.382 e. The maximum Gasteiger partial charge on any atom is 0.177 e. The van der Waals surface area contributed by atoms with Crippen molar-refractivity contribution in [3.63, 3.8) is 0 Å². The van der Waals surface area contributed by atoms with E-state index in [0.717, 1.165) is 5.56 Å². The van der Waals surface area contributed by atoms with Crippen molar-refractivity contribution < 1.29 is 4.39 Å². The highest BCUT2D eigenvalue weighted by molar-refractivity contribution is 5.93. The molecule has 0 aliphatic carbocycles. The minimum atomic E-state index is -0.303. The molecule has 0 unspecified atom stereocenters. The van der Waals surface area contributed by atoms with Crippen LogP contribution in [0.1, 0.15) is 17.0 Å². The van der Waals surface area contributed by atoms with Crippen LogP contribution in [-0.2, 0) is 6.42 Å². The Balaban J connectivity index is 2.09. The van der Waals surface area contributed by atoms with Gasteiger partial charge in [0.1, 0.15) is 23.7 Å². The van der Waals surface area contributed by atoms with E-state index in [1.54, 1.807) is 18.3 Å². The number of nitrogens with one attached hydrogen (secondary N) is 1. The van der Waals surface area contributed by atoms with Gasteiger partial charge in [-0.05, 0) is 17.7 Å². The van der Waals surface area contributed by atoms with Gasteiger partial charge >= 0.3 is 0 Å². The summed E-state index contributed by atoms with van der Waals surface area (Å²) in [5.74, 6) is -0.453. The van der Waals surface area contributed by atoms with Crippen molar-refractivity contribution in [1.29, 1.82) is 5.41 Å². The van der Waals surface area contributed by atoms with Gasteiger partial charge in [-0.15, -0.1) is 0 Å². The maximum absolute atomic E-state index is 13.2. The Morgan fingerprint density at radius 3 is 3.00 bits per heavy atom. The number of fused-ring (bicyclic) bond motifs is 1. The van der Waals surface area contributed by atoms with Gasteiger partial charge in [-0.25, -0.2) is 18.9 Å². The molecule has 3 N–H and O–H groups in total. The predicted molar refractivity (Wildman–Crippen MR) is 71.0 cm³/mol. The molecule has 20 heavy (non-hydrogen) atoms. The maximum atomic E-state index is 13.2. The molecule has 0 aliphatic heterocycles. The monoisotopic (exact) mass is 270 g/mol. The number of halogens is 1. The van der Waals surface area contributed by atoms with Gasteiger partial charge in [-0.3, -0.25) is 5.41 Å². The molecule has 0 bridgehead atoms. The topological polar surface area (TPSA) is 93.0 Å². The third kappa shape index (κ3) is 2.20. The van der Waals surface area contributed by atoms with Gasteiger partial charge < -0.3 is 5.73 Å². The number of nitrogens with two attached hydrogens (primary N) is 1. The van der Waals surface area contributed by atoms with Crippen LogP contribution < -0.4 is 5.73 Å². The van der Waals surface area contributed by atoms with E-state index in [9.17, 15) is 4.39 Å². The Bertz CT molecular complexity index is 794. The standard InChI is InChI=1S/C13H11FN6/c14-9-3-1-2-8(4-9)5-10-13-17-7-18-20(13)6-11(19-10)12(15)16/h1-4,6-7H,5H2,(H3,15,16). The fraction of sp³-hybridized carbons (Fsp3) is 0.0769. The molecule has 0 radical (unpaired) electrons. The van der Waals surface area contributed by atoms with Crippen LogP contribution in [0.4, 0.5) is 4.39 Å². The summed E-state index contributed by atoms with van der Waals surface area (Å²) in [4.78, 5) is 8.42. The van der Waals surface area contributed by atoms with Gasteiger partial charge in [0.2, 0.25) is 0 Å². The second-order valence-electron chi connectivity index (χ2n) is 4.32. The summed E-state index contributed by atoms with van der Waals surface area (Å²) in [6, 6.07) is 6.27. The molecule has 0 spiro atoms. The second kappa shape index (κ2) is 4.69. The van der Waals surface area contributed by atoms with Crippen molar-refractivity contribution in [3.8, 4) is 0 Å². The van der Waals surface area contributed by atoms with E-state index >= 15 is 0 Å². The molecular formula is C13H11FN6. The van der Waals surface area contributed by atoms with Crippen LogP contribution >= 0.6 is 0 Å². The molecule has 0 fully saturated rings. The number of benzene rings is 1. The first-order chi connectivity index (χ1) is 9.63. The third-order valence-electron chi connectivity index (χ3n) is 2.87. The molecule has 6 nitrogen and oxygen atoms in total. The Morgan fingerprint density at radius 1 is 1.40 bits per heavy atom. The minimum absolute atomic E-state index is 0.150. The Morgan fingerprint density at radius 2 is 2.25 bits per heavy atom. The van der Waals surface area contributed by atoms with Crippen molar-refractivity contribution in [2.24, 2.45) is 5.73 Å². The summed E-state index contributed by atoms with van der Waals surface area (Å²) in [5.41, 5.74) is 7.71. The van der Waals surface area contributed by atoms with Gasteiger partial charge in [0.15, 0.2) is 5.65 Å². The number of hydrogen-bond donors (Lipinski definition) is 2. The van der Waals surface area contributed by atoms with E-state index in [4.69, 9.17) is 11.1 Å². The lowest BCUT2D eigenvalue weighted by atomic mass is 10.1. The average Bonchev–Trinajstić information content (AvgIpc) is 2.87. The quantitative estimate of drug-likeness (QED) is 0.551. The van der Waals surface area contributed by atoms with Crippen molar-refractivity contribution in [1.82, 2.24) is 19.6 Å². The number of nitrogen functional groups attached to an aromatic ring is 1. The summed E-state index contributed by atoms with van der Waals surface area (Å²) in [6.07, 6.45) is 3.33. The molecule has 2 aromatic heterocycles. The molecule has 0 saturated carbocycles. The van der Waals surface area contributed by atoms with Gasteiger partial charge in [-0.2, -0.15) is 5.10 Å². The lowest BCUT2D eigenvalue weighted by Gasteiger charge is -2.06. The van der Waals surface area contributed by atoms with Crippen molar-refractivity contribution >= 4 is 11.5 Å². The Kier molecular flexibility index (Phi) is 2.86. The van der Waals surface area contributed by atoms with Crippen LogP contribution in [0.2, 0.25) is 0 Å². The summed E-state index contributed by atoms with van der Waals surface area (Å²) in [5, 5.41) is 11.5. The molecule has 0 atom stereocenters. The van der Waals surface area contributed by atoms with E-state index in [1.807, 2.05) is 0 Å². The van der Waals surface area contributed by atoms with Crippen LogP contribution in [0.5, 0.6) is 0 Å². The average molecular weight is 270 g/mol. The van der Waals surface area contributed by atoms with Gasteiger partial charge in [0, 0.05) is 6.42 Å². The summed E-state index contributed by atoms with van der Waals surface area (Å²) >= 11 is 0. The van der Waals surface area contributed by atoms with E-state index in [2.05, 4.69) is 15.1 Å². The molecule has 3 rings (SSSR count). The largest absolute Gasteiger partial charge is 0.382 e. The number of hydrogen-bond acceptors (Lipinski definition) is 4. The van der Waals surface area contributed by atoms with Gasteiger partial charge in [-0.1, -0.05) is 12.1 Å². The highest BCUT2D eigenvalue weighted by Crippen LogP contribution is 2.13. The van der Waals surface area contributed by atoms with Gasteiger partial charge in [0.05, 0.1) is 11.9 Å². The molecule has 1 aromatic carbocycles. The molecule has 0 amide bonds. The van der Waals surface area contributed by atoms with Crippen molar-refractivity contribution in [2.75, 3.05) is 0 Å². The molecule has 3 aromatic rings. The first-order valence-electron chi connectivity index (χ1n) is 5.91. The number of amidine groups is 1. The van der Waals surface area contributed by atoms with E-state index in [0.29, 0.717) is 23.5 Å². The molecule has 0 aliphatic rings. The lowest BCUT2D eigenvalue weighted by molar-refractivity contribution is 0.626. The normalized spacial score (nSPS) is 10.8. The molecule has 2 heterocycles. The second-order valence-corrected chi connectivity index (χ2v) is 4.32. The van der Waals surface area contributed by atoms with Crippen molar-refractivity contribution in [3.05, 3.63) is 59.6 Å². The number of rotatable bonds is 3. The molecular weight excluding hydrogens is 259 g/mol. The zero-order chi connectivity index (χ0) is 14.1. The fourth-order valence-corrected chi connectivity index (χ4v) is 1.98. The number of nitrogens with zero attached hydrogens (tertiary/aromatic N) is 4. The Hall–Kier alpha value is -2.83.